The van der Waals surface area contributed by atoms with Crippen LogP contribution in [0.25, 0.3) is 0 Å². The third-order valence-corrected chi connectivity index (χ3v) is 4.39. The van der Waals surface area contributed by atoms with E-state index in [1.165, 1.54) is 49.0 Å². The van der Waals surface area contributed by atoms with Crippen LogP contribution in [0.15, 0.2) is 6.07 Å². The number of aryl methyl sites for hydroxylation is 2. The molecule has 112 valence electrons. The lowest BCUT2D eigenvalue weighted by molar-refractivity contribution is 0.630. The molecule has 1 aromatic rings. The van der Waals surface area contributed by atoms with Crippen molar-refractivity contribution < 1.29 is 0 Å². The number of nitrogens with one attached hydrogen (secondary N) is 1. The molecule has 0 atom stereocenters. The molecule has 1 saturated carbocycles. The van der Waals surface area contributed by atoms with Crippen LogP contribution >= 0.6 is 0 Å². The van der Waals surface area contributed by atoms with Gasteiger partial charge in [0.25, 0.3) is 0 Å². The van der Waals surface area contributed by atoms with E-state index in [4.69, 9.17) is 4.98 Å². The van der Waals surface area contributed by atoms with Gasteiger partial charge in [-0.2, -0.15) is 0 Å². The fraction of sp³-hybridized carbons (Fsp3) is 0.706. The lowest BCUT2D eigenvalue weighted by Crippen LogP contribution is -2.31. The van der Waals surface area contributed by atoms with Crippen LogP contribution in [-0.4, -0.2) is 24.6 Å². The van der Waals surface area contributed by atoms with E-state index in [-0.39, 0.29) is 0 Å². The van der Waals surface area contributed by atoms with Crippen LogP contribution in [0.1, 0.15) is 55.8 Å². The Hall–Kier alpha value is -1.09. The second-order valence-corrected chi connectivity index (χ2v) is 6.11. The second-order valence-electron chi connectivity index (χ2n) is 6.11. The summed E-state index contributed by atoms with van der Waals surface area (Å²) in [4.78, 5) is 7.27. The molecule has 0 radical (unpaired) electrons. The summed E-state index contributed by atoms with van der Waals surface area (Å²) in [6.45, 7) is 8.52. The standard InChI is InChI=1S/C17H29N3/c1-5-10-18-12-16-13(2)11-14(3)19-17(16)20(4)15-8-6-7-9-15/h11,15,18H,5-10,12H2,1-4H3. The molecular formula is C17H29N3. The van der Waals surface area contributed by atoms with Crippen LogP contribution in [0.2, 0.25) is 0 Å². The van der Waals surface area contributed by atoms with E-state index in [1.54, 1.807) is 0 Å². The molecule has 0 aliphatic heterocycles. The van der Waals surface area contributed by atoms with Gasteiger partial charge in [-0.1, -0.05) is 19.8 Å². The molecule has 1 aliphatic rings. The van der Waals surface area contributed by atoms with Crippen molar-refractivity contribution in [2.75, 3.05) is 18.5 Å². The summed E-state index contributed by atoms with van der Waals surface area (Å²) < 4.78 is 0. The zero-order valence-electron chi connectivity index (χ0n) is 13.5. The highest BCUT2D eigenvalue weighted by atomic mass is 15.2. The van der Waals surface area contributed by atoms with Gasteiger partial charge in [-0.05, 0) is 51.3 Å². The number of anilines is 1. The van der Waals surface area contributed by atoms with E-state index in [0.717, 1.165) is 18.8 Å². The van der Waals surface area contributed by atoms with Crippen LogP contribution < -0.4 is 10.2 Å². The smallest absolute Gasteiger partial charge is 0.133 e. The van der Waals surface area contributed by atoms with Crippen LogP contribution in [0.5, 0.6) is 0 Å². The molecule has 1 aliphatic carbocycles. The number of aromatic nitrogens is 1. The van der Waals surface area contributed by atoms with Crippen molar-refractivity contribution in [1.82, 2.24) is 10.3 Å². The quantitative estimate of drug-likeness (QED) is 0.804. The first-order valence-corrected chi connectivity index (χ1v) is 8.04. The maximum atomic E-state index is 4.84. The summed E-state index contributed by atoms with van der Waals surface area (Å²) in [5.41, 5.74) is 3.86. The minimum absolute atomic E-state index is 0.675. The van der Waals surface area contributed by atoms with E-state index in [2.05, 4.69) is 44.1 Å². The first-order valence-electron chi connectivity index (χ1n) is 8.04. The summed E-state index contributed by atoms with van der Waals surface area (Å²) in [6.07, 6.45) is 6.53. The molecule has 0 amide bonds. The van der Waals surface area contributed by atoms with Gasteiger partial charge in [0.15, 0.2) is 0 Å². The first kappa shape index (κ1) is 15.3. The van der Waals surface area contributed by atoms with Gasteiger partial charge >= 0.3 is 0 Å². The number of hydrogen-bond acceptors (Lipinski definition) is 3. The van der Waals surface area contributed by atoms with Crippen molar-refractivity contribution in [2.24, 2.45) is 0 Å². The van der Waals surface area contributed by atoms with E-state index in [1.807, 2.05) is 0 Å². The Balaban J connectivity index is 2.23. The van der Waals surface area contributed by atoms with E-state index >= 15 is 0 Å². The van der Waals surface area contributed by atoms with Gasteiger partial charge in [0.05, 0.1) is 0 Å². The monoisotopic (exact) mass is 275 g/mol. The normalized spacial score (nSPS) is 15.8. The summed E-state index contributed by atoms with van der Waals surface area (Å²) in [7, 11) is 2.22. The second kappa shape index (κ2) is 7.07. The van der Waals surface area contributed by atoms with Gasteiger partial charge in [0.2, 0.25) is 0 Å². The minimum Gasteiger partial charge on any atom is -0.356 e. The number of nitrogens with zero attached hydrogens (tertiary/aromatic N) is 2. The summed E-state index contributed by atoms with van der Waals surface area (Å²) >= 11 is 0. The molecule has 0 spiro atoms. The lowest BCUT2D eigenvalue weighted by atomic mass is 10.1. The van der Waals surface area contributed by atoms with Crippen LogP contribution in [0.4, 0.5) is 5.82 Å². The molecule has 0 unspecified atom stereocenters. The van der Waals surface area contributed by atoms with E-state index in [9.17, 15) is 0 Å². The molecule has 1 N–H and O–H groups in total. The van der Waals surface area contributed by atoms with Gasteiger partial charge in [0, 0.05) is 30.9 Å². The highest BCUT2D eigenvalue weighted by molar-refractivity contribution is 5.52. The van der Waals surface area contributed by atoms with Gasteiger partial charge in [-0.25, -0.2) is 4.98 Å². The fourth-order valence-electron chi connectivity index (χ4n) is 3.21. The van der Waals surface area contributed by atoms with Crippen molar-refractivity contribution in [3.05, 3.63) is 22.9 Å². The summed E-state index contributed by atoms with van der Waals surface area (Å²) in [6, 6.07) is 2.88. The Labute approximate surface area is 123 Å². The van der Waals surface area contributed by atoms with E-state index < -0.39 is 0 Å². The molecule has 1 aromatic heterocycles. The maximum absolute atomic E-state index is 4.84. The number of pyridine rings is 1. The van der Waals surface area contributed by atoms with Gasteiger partial charge in [0.1, 0.15) is 5.82 Å². The molecular weight excluding hydrogens is 246 g/mol. The third kappa shape index (κ3) is 3.51. The number of hydrogen-bond donors (Lipinski definition) is 1. The van der Waals surface area contributed by atoms with Gasteiger partial charge in [-0.15, -0.1) is 0 Å². The van der Waals surface area contributed by atoms with Crippen molar-refractivity contribution >= 4 is 5.82 Å². The van der Waals surface area contributed by atoms with Crippen LogP contribution in [0.3, 0.4) is 0 Å². The van der Waals surface area contributed by atoms with Gasteiger partial charge < -0.3 is 10.2 Å². The number of rotatable bonds is 6. The molecule has 0 bridgehead atoms. The highest BCUT2D eigenvalue weighted by Gasteiger charge is 2.23. The molecule has 2 rings (SSSR count). The van der Waals surface area contributed by atoms with Gasteiger partial charge in [-0.3, -0.25) is 0 Å². The molecule has 0 aromatic carbocycles. The Morgan fingerprint density at radius 2 is 2.00 bits per heavy atom. The molecule has 3 nitrogen and oxygen atoms in total. The topological polar surface area (TPSA) is 28.2 Å². The summed E-state index contributed by atoms with van der Waals surface area (Å²) in [5.74, 6) is 1.19. The van der Waals surface area contributed by atoms with Crippen molar-refractivity contribution in [1.29, 1.82) is 0 Å². The van der Waals surface area contributed by atoms with Crippen molar-refractivity contribution in [3.8, 4) is 0 Å². The largest absolute Gasteiger partial charge is 0.356 e. The Morgan fingerprint density at radius 3 is 2.65 bits per heavy atom. The zero-order chi connectivity index (χ0) is 14.5. The average Bonchev–Trinajstić information content (AvgIpc) is 2.94. The SMILES string of the molecule is CCCNCc1c(C)cc(C)nc1N(C)C1CCCC1. The maximum Gasteiger partial charge on any atom is 0.133 e. The average molecular weight is 275 g/mol. The highest BCUT2D eigenvalue weighted by Crippen LogP contribution is 2.29. The predicted molar refractivity (Wildman–Crippen MR) is 86.4 cm³/mol. The molecule has 1 fully saturated rings. The van der Waals surface area contributed by atoms with Crippen molar-refractivity contribution in [3.63, 3.8) is 0 Å². The van der Waals surface area contributed by atoms with Crippen LogP contribution in [-0.2, 0) is 6.54 Å². The Bertz CT molecular complexity index is 436. The van der Waals surface area contributed by atoms with E-state index in [0.29, 0.717) is 6.04 Å². The Morgan fingerprint density at radius 1 is 1.30 bits per heavy atom. The molecule has 0 saturated heterocycles. The fourth-order valence-corrected chi connectivity index (χ4v) is 3.21. The Kier molecular flexibility index (Phi) is 5.41. The summed E-state index contributed by atoms with van der Waals surface area (Å²) in [5, 5.41) is 3.53. The molecule has 3 heteroatoms. The molecule has 1 heterocycles. The minimum atomic E-state index is 0.675. The lowest BCUT2D eigenvalue weighted by Gasteiger charge is -2.29. The van der Waals surface area contributed by atoms with Crippen LogP contribution in [0, 0.1) is 13.8 Å². The zero-order valence-corrected chi connectivity index (χ0v) is 13.5. The molecule has 20 heavy (non-hydrogen) atoms. The predicted octanol–water partition coefficient (Wildman–Crippen LogP) is 3.58. The third-order valence-electron chi connectivity index (χ3n) is 4.39. The first-order chi connectivity index (χ1) is 9.63. The van der Waals surface area contributed by atoms with Crippen molar-refractivity contribution in [2.45, 2.75) is 65.5 Å².